The van der Waals surface area contributed by atoms with E-state index in [1.165, 1.54) is 12.4 Å². The van der Waals surface area contributed by atoms with Crippen molar-refractivity contribution in [2.75, 3.05) is 0 Å². The van der Waals surface area contributed by atoms with Crippen molar-refractivity contribution in [1.29, 1.82) is 0 Å². The Kier molecular flexibility index (Phi) is 2.45. The molecule has 2 aromatic rings. The molecule has 0 aliphatic carbocycles. The Hall–Kier alpha value is -2.17. The smallest absolute Gasteiger partial charge is 0.153 e. The topological polar surface area (TPSA) is 55.7 Å². The van der Waals surface area contributed by atoms with Crippen molar-refractivity contribution in [2.24, 2.45) is 0 Å². The Balaban J connectivity index is 2.51. The molecule has 0 N–H and O–H groups in total. The maximum Gasteiger partial charge on any atom is 0.153 e. The molecule has 2 aromatic heterocycles. The van der Waals surface area contributed by atoms with Crippen molar-refractivity contribution in [3.63, 3.8) is 0 Å². The van der Waals surface area contributed by atoms with Crippen molar-refractivity contribution in [3.8, 4) is 11.3 Å². The summed E-state index contributed by atoms with van der Waals surface area (Å²) in [5.41, 5.74) is 1.09. The van der Waals surface area contributed by atoms with Gasteiger partial charge in [0.05, 0.1) is 17.5 Å². The van der Waals surface area contributed by atoms with Crippen LogP contribution in [0.1, 0.15) is 10.4 Å². The second kappa shape index (κ2) is 3.91. The van der Waals surface area contributed by atoms with Crippen LogP contribution in [-0.2, 0) is 0 Å². The molecule has 0 unspecified atom stereocenters. The molecule has 0 bridgehead atoms. The largest absolute Gasteiger partial charge is 0.298 e. The summed E-state index contributed by atoms with van der Waals surface area (Å²) in [6.07, 6.45) is 5.92. The van der Waals surface area contributed by atoms with Gasteiger partial charge >= 0.3 is 0 Å². The number of aldehydes is 1. The average Bonchev–Trinajstić information content (AvgIpc) is 2.31. The second-order valence-corrected chi connectivity index (χ2v) is 2.84. The van der Waals surface area contributed by atoms with Crippen LogP contribution >= 0.6 is 0 Å². The van der Waals surface area contributed by atoms with E-state index in [2.05, 4.69) is 15.0 Å². The van der Waals surface area contributed by atoms with Gasteiger partial charge in [0.25, 0.3) is 0 Å². The van der Waals surface area contributed by atoms with Gasteiger partial charge in [-0.3, -0.25) is 9.78 Å². The summed E-state index contributed by atoms with van der Waals surface area (Å²) in [6, 6.07) is 1.36. The summed E-state index contributed by atoms with van der Waals surface area (Å²) in [5, 5.41) is 0. The monoisotopic (exact) mass is 203 g/mol. The van der Waals surface area contributed by atoms with E-state index < -0.39 is 5.82 Å². The van der Waals surface area contributed by atoms with Gasteiger partial charge in [0.1, 0.15) is 6.33 Å². The van der Waals surface area contributed by atoms with Gasteiger partial charge in [-0.1, -0.05) is 0 Å². The van der Waals surface area contributed by atoms with E-state index in [-0.39, 0.29) is 5.56 Å². The minimum absolute atomic E-state index is 0.0242. The van der Waals surface area contributed by atoms with Crippen LogP contribution in [0.25, 0.3) is 11.3 Å². The van der Waals surface area contributed by atoms with Gasteiger partial charge in [0.15, 0.2) is 12.1 Å². The van der Waals surface area contributed by atoms with E-state index >= 15 is 0 Å². The molecule has 0 radical (unpaired) electrons. The summed E-state index contributed by atoms with van der Waals surface area (Å²) in [5.74, 6) is -0.634. The van der Waals surface area contributed by atoms with Gasteiger partial charge in [0.2, 0.25) is 0 Å². The normalized spacial score (nSPS) is 9.93. The Morgan fingerprint density at radius 1 is 1.20 bits per heavy atom. The number of carbonyl (C=O) groups excluding carboxylic acids is 1. The zero-order valence-electron chi connectivity index (χ0n) is 7.59. The maximum atomic E-state index is 13.0. The predicted molar refractivity (Wildman–Crippen MR) is 50.6 cm³/mol. The van der Waals surface area contributed by atoms with Crippen LogP contribution in [0.4, 0.5) is 4.39 Å². The highest BCUT2D eigenvalue weighted by molar-refractivity contribution is 5.77. The van der Waals surface area contributed by atoms with Crippen molar-refractivity contribution < 1.29 is 9.18 Å². The van der Waals surface area contributed by atoms with Crippen LogP contribution in [0, 0.1) is 5.82 Å². The van der Waals surface area contributed by atoms with Gasteiger partial charge in [0, 0.05) is 18.0 Å². The fourth-order valence-electron chi connectivity index (χ4n) is 1.13. The first kappa shape index (κ1) is 9.39. The SMILES string of the molecule is O=Cc1cc(-c2cncnc2)ncc1F. The minimum Gasteiger partial charge on any atom is -0.298 e. The highest BCUT2D eigenvalue weighted by Gasteiger charge is 2.05. The first-order chi connectivity index (χ1) is 7.31. The number of aromatic nitrogens is 3. The Labute approximate surface area is 84.8 Å². The first-order valence-corrected chi connectivity index (χ1v) is 4.17. The van der Waals surface area contributed by atoms with Crippen LogP contribution in [0.3, 0.4) is 0 Å². The Morgan fingerprint density at radius 2 is 1.93 bits per heavy atom. The molecule has 74 valence electrons. The number of hydrogen-bond acceptors (Lipinski definition) is 4. The van der Waals surface area contributed by atoms with Crippen LogP contribution in [0.2, 0.25) is 0 Å². The highest BCUT2D eigenvalue weighted by atomic mass is 19.1. The molecule has 2 rings (SSSR count). The van der Waals surface area contributed by atoms with E-state index in [9.17, 15) is 9.18 Å². The number of hydrogen-bond donors (Lipinski definition) is 0. The lowest BCUT2D eigenvalue weighted by molar-refractivity contribution is 0.111. The molecule has 0 amide bonds. The summed E-state index contributed by atoms with van der Waals surface area (Å²) in [6.45, 7) is 0. The number of pyridine rings is 1. The summed E-state index contributed by atoms with van der Waals surface area (Å²) >= 11 is 0. The summed E-state index contributed by atoms with van der Waals surface area (Å²) < 4.78 is 13.0. The third-order valence-corrected chi connectivity index (χ3v) is 1.87. The number of rotatable bonds is 2. The van der Waals surface area contributed by atoms with E-state index in [1.54, 1.807) is 12.4 Å². The van der Waals surface area contributed by atoms with E-state index in [1.807, 2.05) is 0 Å². The van der Waals surface area contributed by atoms with E-state index in [4.69, 9.17) is 0 Å². The van der Waals surface area contributed by atoms with Crippen molar-refractivity contribution >= 4 is 6.29 Å². The van der Waals surface area contributed by atoms with Gasteiger partial charge in [-0.2, -0.15) is 0 Å². The molecule has 0 aromatic carbocycles. The highest BCUT2D eigenvalue weighted by Crippen LogP contribution is 2.16. The standard InChI is InChI=1S/C10H6FN3O/c11-9-4-14-10(1-7(9)5-15)8-2-12-6-13-3-8/h1-6H. The predicted octanol–water partition coefficient (Wildman–Crippen LogP) is 1.49. The second-order valence-electron chi connectivity index (χ2n) is 2.84. The lowest BCUT2D eigenvalue weighted by Gasteiger charge is -2.00. The van der Waals surface area contributed by atoms with Crippen molar-refractivity contribution in [2.45, 2.75) is 0 Å². The Morgan fingerprint density at radius 3 is 2.60 bits per heavy atom. The molecule has 2 heterocycles. The van der Waals surface area contributed by atoms with Gasteiger partial charge in [-0.05, 0) is 6.07 Å². The molecule has 0 saturated heterocycles. The maximum absolute atomic E-state index is 13.0. The minimum atomic E-state index is -0.634. The lowest BCUT2D eigenvalue weighted by atomic mass is 10.1. The quantitative estimate of drug-likeness (QED) is 0.694. The number of carbonyl (C=O) groups is 1. The Bertz CT molecular complexity index is 487. The zero-order chi connectivity index (χ0) is 10.7. The van der Waals surface area contributed by atoms with Crippen LogP contribution in [0.15, 0.2) is 31.0 Å². The number of nitrogens with zero attached hydrogens (tertiary/aromatic N) is 3. The molecule has 5 heteroatoms. The zero-order valence-corrected chi connectivity index (χ0v) is 7.59. The third kappa shape index (κ3) is 1.85. The van der Waals surface area contributed by atoms with Crippen LogP contribution in [-0.4, -0.2) is 21.2 Å². The fourth-order valence-corrected chi connectivity index (χ4v) is 1.13. The van der Waals surface area contributed by atoms with E-state index in [0.29, 0.717) is 17.5 Å². The molecule has 0 aliphatic heterocycles. The fraction of sp³-hybridized carbons (Fsp3) is 0. The van der Waals surface area contributed by atoms with Gasteiger partial charge in [-0.15, -0.1) is 0 Å². The van der Waals surface area contributed by atoms with Crippen molar-refractivity contribution in [3.05, 3.63) is 42.4 Å². The molecule has 4 nitrogen and oxygen atoms in total. The molecule has 15 heavy (non-hydrogen) atoms. The molecule has 0 aliphatic rings. The number of halogens is 1. The van der Waals surface area contributed by atoms with E-state index in [0.717, 1.165) is 6.20 Å². The molecule has 0 saturated carbocycles. The molecule has 0 spiro atoms. The summed E-state index contributed by atoms with van der Waals surface area (Å²) in [4.78, 5) is 22.0. The molecule has 0 fully saturated rings. The molecule has 0 atom stereocenters. The average molecular weight is 203 g/mol. The molecular weight excluding hydrogens is 197 g/mol. The van der Waals surface area contributed by atoms with Crippen LogP contribution in [0.5, 0.6) is 0 Å². The van der Waals surface area contributed by atoms with Gasteiger partial charge in [-0.25, -0.2) is 14.4 Å². The summed E-state index contributed by atoms with van der Waals surface area (Å²) in [7, 11) is 0. The van der Waals surface area contributed by atoms with Crippen LogP contribution < -0.4 is 0 Å². The van der Waals surface area contributed by atoms with Crippen molar-refractivity contribution in [1.82, 2.24) is 15.0 Å². The van der Waals surface area contributed by atoms with Gasteiger partial charge < -0.3 is 0 Å². The first-order valence-electron chi connectivity index (χ1n) is 4.17. The lowest BCUT2D eigenvalue weighted by Crippen LogP contribution is -1.93. The molecular formula is C10H6FN3O. The third-order valence-electron chi connectivity index (χ3n) is 1.87.